The fourth-order valence-corrected chi connectivity index (χ4v) is 3.22. The summed E-state index contributed by atoms with van der Waals surface area (Å²) in [6, 6.07) is 6.76. The van der Waals surface area contributed by atoms with E-state index in [4.69, 9.17) is 0 Å². The third-order valence-corrected chi connectivity index (χ3v) is 4.32. The summed E-state index contributed by atoms with van der Waals surface area (Å²) in [5.74, 6) is 0.192. The molecule has 2 aromatic heterocycles. The predicted octanol–water partition coefficient (Wildman–Crippen LogP) is 2.73. The van der Waals surface area contributed by atoms with Gasteiger partial charge in [-0.1, -0.05) is 0 Å². The molecule has 2 amide bonds. The molecular weight excluding hydrogens is 316 g/mol. The molecule has 1 unspecified atom stereocenters. The first-order chi connectivity index (χ1) is 12.0. The fraction of sp³-hybridized carbons (Fsp3) is 0.368. The van der Waals surface area contributed by atoms with Gasteiger partial charge in [-0.2, -0.15) is 0 Å². The molecule has 1 fully saturated rings. The van der Waals surface area contributed by atoms with Gasteiger partial charge in [-0.25, -0.2) is 4.98 Å². The number of rotatable bonds is 3. The van der Waals surface area contributed by atoms with Crippen molar-refractivity contribution < 1.29 is 9.59 Å². The van der Waals surface area contributed by atoms with E-state index in [1.54, 1.807) is 23.2 Å². The minimum Gasteiger partial charge on any atom is -0.327 e. The minimum atomic E-state index is -0.482. The highest BCUT2D eigenvalue weighted by atomic mass is 16.2. The largest absolute Gasteiger partial charge is 0.327 e. The van der Waals surface area contributed by atoms with Crippen molar-refractivity contribution in [3.63, 3.8) is 0 Å². The van der Waals surface area contributed by atoms with Crippen LogP contribution < -0.4 is 5.32 Å². The summed E-state index contributed by atoms with van der Waals surface area (Å²) in [7, 11) is 0. The number of carbonyl (C=O) groups excluding carboxylic acids is 2. The van der Waals surface area contributed by atoms with E-state index < -0.39 is 6.04 Å². The average Bonchev–Trinajstić information content (AvgIpc) is 2.61. The molecule has 0 bridgehead atoms. The lowest BCUT2D eigenvalue weighted by molar-refractivity contribution is -0.121. The monoisotopic (exact) mass is 338 g/mol. The number of anilines is 1. The molecule has 1 atom stereocenters. The van der Waals surface area contributed by atoms with Crippen molar-refractivity contribution >= 4 is 17.6 Å². The molecule has 6 heteroatoms. The maximum Gasteiger partial charge on any atom is 0.256 e. The standard InChI is InChI=1S/C19H22N4O2/c1-13-10-14(2)21-17(11-13)22-18(24)16-7-3-4-9-23(16)19(25)15-6-5-8-20-12-15/h5-6,8,10-12,16H,3-4,7,9H2,1-2H3,(H,21,22,24). The molecule has 1 aliphatic rings. The highest BCUT2D eigenvalue weighted by Crippen LogP contribution is 2.21. The van der Waals surface area contributed by atoms with Gasteiger partial charge in [0.2, 0.25) is 5.91 Å². The lowest BCUT2D eigenvalue weighted by atomic mass is 10.00. The Morgan fingerprint density at radius 2 is 2.08 bits per heavy atom. The van der Waals surface area contributed by atoms with Crippen LogP contribution >= 0.6 is 0 Å². The summed E-state index contributed by atoms with van der Waals surface area (Å²) in [6.07, 6.45) is 5.65. The topological polar surface area (TPSA) is 75.2 Å². The molecule has 2 aromatic rings. The number of aromatic nitrogens is 2. The molecular formula is C19H22N4O2. The lowest BCUT2D eigenvalue weighted by Gasteiger charge is -2.34. The minimum absolute atomic E-state index is 0.152. The number of hydrogen-bond donors (Lipinski definition) is 1. The number of pyridine rings is 2. The summed E-state index contributed by atoms with van der Waals surface area (Å²) in [5.41, 5.74) is 2.39. The molecule has 6 nitrogen and oxygen atoms in total. The van der Waals surface area contributed by atoms with E-state index in [1.807, 2.05) is 26.0 Å². The highest BCUT2D eigenvalue weighted by molar-refractivity contribution is 6.00. The van der Waals surface area contributed by atoms with Gasteiger partial charge in [-0.05, 0) is 62.9 Å². The van der Waals surface area contributed by atoms with Crippen LogP contribution in [0, 0.1) is 13.8 Å². The molecule has 130 valence electrons. The molecule has 1 aliphatic heterocycles. The van der Waals surface area contributed by atoms with E-state index in [-0.39, 0.29) is 11.8 Å². The van der Waals surface area contributed by atoms with Crippen LogP contribution in [0.1, 0.15) is 40.9 Å². The number of aryl methyl sites for hydroxylation is 2. The number of likely N-dealkylation sites (tertiary alicyclic amines) is 1. The SMILES string of the molecule is Cc1cc(C)nc(NC(=O)C2CCCCN2C(=O)c2cccnc2)c1. The number of amides is 2. The molecule has 3 rings (SSSR count). The third-order valence-electron chi connectivity index (χ3n) is 4.32. The molecule has 1 saturated heterocycles. The zero-order valence-electron chi connectivity index (χ0n) is 14.5. The summed E-state index contributed by atoms with van der Waals surface area (Å²) >= 11 is 0. The van der Waals surface area contributed by atoms with Crippen molar-refractivity contribution in [2.75, 3.05) is 11.9 Å². The fourth-order valence-electron chi connectivity index (χ4n) is 3.22. The first-order valence-corrected chi connectivity index (χ1v) is 8.52. The zero-order chi connectivity index (χ0) is 17.8. The number of nitrogens with zero attached hydrogens (tertiary/aromatic N) is 3. The predicted molar refractivity (Wildman–Crippen MR) is 95.3 cm³/mol. The van der Waals surface area contributed by atoms with Gasteiger partial charge in [0.1, 0.15) is 11.9 Å². The Hall–Kier alpha value is -2.76. The average molecular weight is 338 g/mol. The second-order valence-corrected chi connectivity index (χ2v) is 6.41. The molecule has 0 spiro atoms. The van der Waals surface area contributed by atoms with Gasteiger partial charge in [-0.3, -0.25) is 14.6 Å². The molecule has 3 heterocycles. The Morgan fingerprint density at radius 3 is 2.80 bits per heavy atom. The van der Waals surface area contributed by atoms with Crippen molar-refractivity contribution in [1.82, 2.24) is 14.9 Å². The van der Waals surface area contributed by atoms with Gasteiger partial charge in [0.25, 0.3) is 5.91 Å². The van der Waals surface area contributed by atoms with Crippen molar-refractivity contribution in [2.45, 2.75) is 39.2 Å². The van der Waals surface area contributed by atoms with Crippen LogP contribution in [-0.2, 0) is 4.79 Å². The van der Waals surface area contributed by atoms with E-state index in [9.17, 15) is 9.59 Å². The lowest BCUT2D eigenvalue weighted by Crippen LogP contribution is -2.50. The van der Waals surface area contributed by atoms with Crippen molar-refractivity contribution in [2.24, 2.45) is 0 Å². The van der Waals surface area contributed by atoms with E-state index in [1.165, 1.54) is 6.20 Å². The van der Waals surface area contributed by atoms with Crippen LogP contribution in [0.25, 0.3) is 0 Å². The summed E-state index contributed by atoms with van der Waals surface area (Å²) < 4.78 is 0. The first-order valence-electron chi connectivity index (χ1n) is 8.52. The smallest absolute Gasteiger partial charge is 0.256 e. The van der Waals surface area contributed by atoms with Crippen molar-refractivity contribution in [3.8, 4) is 0 Å². The second-order valence-electron chi connectivity index (χ2n) is 6.41. The Labute approximate surface area is 147 Å². The van der Waals surface area contributed by atoms with Gasteiger partial charge >= 0.3 is 0 Å². The van der Waals surface area contributed by atoms with Crippen LogP contribution in [0.15, 0.2) is 36.7 Å². The first kappa shape index (κ1) is 17.1. The summed E-state index contributed by atoms with van der Waals surface area (Å²) in [5, 5.41) is 2.87. The van der Waals surface area contributed by atoms with Gasteiger partial charge in [0, 0.05) is 24.6 Å². The number of carbonyl (C=O) groups is 2. The molecule has 0 aliphatic carbocycles. The van der Waals surface area contributed by atoms with E-state index in [2.05, 4.69) is 15.3 Å². The number of nitrogens with one attached hydrogen (secondary N) is 1. The highest BCUT2D eigenvalue weighted by Gasteiger charge is 2.32. The quantitative estimate of drug-likeness (QED) is 0.934. The van der Waals surface area contributed by atoms with Crippen LogP contribution in [0.4, 0.5) is 5.82 Å². The van der Waals surface area contributed by atoms with Crippen LogP contribution in [0.3, 0.4) is 0 Å². The Kier molecular flexibility index (Phi) is 5.07. The Bertz CT molecular complexity index is 756. The van der Waals surface area contributed by atoms with Crippen LogP contribution in [-0.4, -0.2) is 39.3 Å². The zero-order valence-corrected chi connectivity index (χ0v) is 14.5. The normalized spacial score (nSPS) is 17.2. The van der Waals surface area contributed by atoms with E-state index in [0.717, 1.165) is 24.1 Å². The molecule has 0 aromatic carbocycles. The molecule has 0 radical (unpaired) electrons. The van der Waals surface area contributed by atoms with Crippen LogP contribution in [0.5, 0.6) is 0 Å². The second kappa shape index (κ2) is 7.42. The Morgan fingerprint density at radius 1 is 1.24 bits per heavy atom. The maximum atomic E-state index is 12.8. The third kappa shape index (κ3) is 4.02. The Balaban J connectivity index is 1.78. The van der Waals surface area contributed by atoms with Crippen molar-refractivity contribution in [1.29, 1.82) is 0 Å². The molecule has 1 N–H and O–H groups in total. The van der Waals surface area contributed by atoms with Crippen molar-refractivity contribution in [3.05, 3.63) is 53.5 Å². The maximum absolute atomic E-state index is 12.8. The van der Waals surface area contributed by atoms with Crippen LogP contribution in [0.2, 0.25) is 0 Å². The van der Waals surface area contributed by atoms with Gasteiger partial charge in [-0.15, -0.1) is 0 Å². The number of piperidine rings is 1. The van der Waals surface area contributed by atoms with Gasteiger partial charge < -0.3 is 10.2 Å². The van der Waals surface area contributed by atoms with Gasteiger partial charge in [0.15, 0.2) is 0 Å². The van der Waals surface area contributed by atoms with E-state index >= 15 is 0 Å². The van der Waals surface area contributed by atoms with E-state index in [0.29, 0.717) is 24.3 Å². The summed E-state index contributed by atoms with van der Waals surface area (Å²) in [6.45, 7) is 4.43. The van der Waals surface area contributed by atoms with Gasteiger partial charge in [0.05, 0.1) is 5.56 Å². The number of hydrogen-bond acceptors (Lipinski definition) is 4. The molecule has 0 saturated carbocycles. The molecule has 25 heavy (non-hydrogen) atoms. The summed E-state index contributed by atoms with van der Waals surface area (Å²) in [4.78, 5) is 35.5.